The minimum Gasteiger partial charge on any atom is -0.0610 e. The normalized spacial score (nSPS) is 12.3. The van der Waals surface area contributed by atoms with E-state index in [0.29, 0.717) is 0 Å². The fraction of sp³-hybridized carbons (Fsp3) is 0. The van der Waals surface area contributed by atoms with Crippen LogP contribution in [-0.2, 0) is 0 Å². The van der Waals surface area contributed by atoms with Crippen molar-refractivity contribution in [2.45, 2.75) is 0 Å². The van der Waals surface area contributed by atoms with Crippen molar-refractivity contribution in [2.24, 2.45) is 0 Å². The van der Waals surface area contributed by atoms with Crippen LogP contribution in [0.2, 0.25) is 0 Å². The van der Waals surface area contributed by atoms with E-state index >= 15 is 0 Å². The van der Waals surface area contributed by atoms with Gasteiger partial charge >= 0.3 is 0 Å². The fourth-order valence-corrected chi connectivity index (χ4v) is 7.53. The van der Waals surface area contributed by atoms with E-state index in [1.807, 2.05) is 0 Å². The highest BCUT2D eigenvalue weighted by atomic mass is 14.2. The van der Waals surface area contributed by atoms with Crippen LogP contribution < -0.4 is 0 Å². The summed E-state index contributed by atoms with van der Waals surface area (Å²) in [7, 11) is 0. The smallest absolute Gasteiger partial charge is 0.00264 e. The monoisotopic (exact) mass is 528 g/mol. The molecule has 0 nitrogen and oxygen atoms in total. The summed E-state index contributed by atoms with van der Waals surface area (Å²) in [5, 5.41) is 18.4. The summed E-state index contributed by atoms with van der Waals surface area (Å²) in [6.45, 7) is 0. The van der Waals surface area contributed by atoms with Crippen LogP contribution in [0.25, 0.3) is 97.7 Å². The zero-order valence-electron chi connectivity index (χ0n) is 22.9. The van der Waals surface area contributed by atoms with E-state index in [9.17, 15) is 0 Å². The molecule has 0 radical (unpaired) electrons. The molecule has 0 fully saturated rings. The first-order valence-electron chi connectivity index (χ1n) is 14.7. The maximum absolute atomic E-state index is 2.39. The van der Waals surface area contributed by atoms with Crippen LogP contribution in [0.15, 0.2) is 146 Å². The molecule has 0 unspecified atom stereocenters. The van der Waals surface area contributed by atoms with E-state index in [-0.39, 0.29) is 0 Å². The molecule has 0 aliphatic carbocycles. The molecule has 42 heavy (non-hydrogen) atoms. The van der Waals surface area contributed by atoms with E-state index in [0.717, 1.165) is 0 Å². The van der Waals surface area contributed by atoms with Crippen LogP contribution in [0, 0.1) is 0 Å². The average Bonchev–Trinajstić information content (AvgIpc) is 3.05. The van der Waals surface area contributed by atoms with Crippen molar-refractivity contribution in [3.05, 3.63) is 146 Å². The molecule has 10 aromatic rings. The van der Waals surface area contributed by atoms with Crippen molar-refractivity contribution in [1.29, 1.82) is 0 Å². The first-order valence-corrected chi connectivity index (χ1v) is 14.7. The number of rotatable bonds is 2. The number of hydrogen-bond donors (Lipinski definition) is 0. The number of fused-ring (bicyclic) bond motifs is 1. The second-order valence-corrected chi connectivity index (χ2v) is 11.8. The molecule has 0 heteroatoms. The Morgan fingerprint density at radius 3 is 1.14 bits per heavy atom. The lowest BCUT2D eigenvalue weighted by atomic mass is 9.89. The van der Waals surface area contributed by atoms with Crippen molar-refractivity contribution in [1.82, 2.24) is 0 Å². The van der Waals surface area contributed by atoms with Crippen LogP contribution in [-0.4, -0.2) is 0 Å². The van der Waals surface area contributed by atoms with Crippen molar-refractivity contribution < 1.29 is 0 Å². The van der Waals surface area contributed by atoms with E-state index in [2.05, 4.69) is 146 Å². The molecule has 0 saturated heterocycles. The number of hydrogen-bond acceptors (Lipinski definition) is 0. The molecule has 0 bridgehead atoms. The molecule has 0 heterocycles. The van der Waals surface area contributed by atoms with Crippen molar-refractivity contribution in [2.75, 3.05) is 0 Å². The summed E-state index contributed by atoms with van der Waals surface area (Å²) < 4.78 is 0. The minimum atomic E-state index is 1.25. The van der Waals surface area contributed by atoms with Crippen LogP contribution in [0.1, 0.15) is 0 Å². The average molecular weight is 529 g/mol. The van der Waals surface area contributed by atoms with Gasteiger partial charge in [-0.2, -0.15) is 0 Å². The third-order valence-corrected chi connectivity index (χ3v) is 9.45. The lowest BCUT2D eigenvalue weighted by Crippen LogP contribution is -1.88. The van der Waals surface area contributed by atoms with Gasteiger partial charge in [0.25, 0.3) is 0 Å². The third kappa shape index (κ3) is 3.01. The summed E-state index contributed by atoms with van der Waals surface area (Å²) in [4.78, 5) is 0. The van der Waals surface area contributed by atoms with Gasteiger partial charge in [-0.15, -0.1) is 0 Å². The Hall–Kier alpha value is -5.46. The van der Waals surface area contributed by atoms with Gasteiger partial charge in [0.1, 0.15) is 0 Å². The third-order valence-electron chi connectivity index (χ3n) is 9.45. The molecular weight excluding hydrogens is 504 g/mol. The molecule has 0 amide bonds. The molecular formula is C42H24. The molecule has 0 N–H and O–H groups in total. The molecule has 0 spiro atoms. The minimum absolute atomic E-state index is 1.25. The van der Waals surface area contributed by atoms with Gasteiger partial charge in [-0.25, -0.2) is 0 Å². The fourth-order valence-electron chi connectivity index (χ4n) is 7.53. The Kier molecular flexibility index (Phi) is 4.27. The predicted octanol–water partition coefficient (Wildman–Crippen LogP) is 12.0. The molecule has 0 saturated carbocycles. The summed E-state index contributed by atoms with van der Waals surface area (Å²) in [5.41, 5.74) is 5.04. The van der Waals surface area contributed by atoms with Crippen molar-refractivity contribution in [3.63, 3.8) is 0 Å². The molecule has 0 aliphatic heterocycles. The first-order chi connectivity index (χ1) is 20.8. The van der Waals surface area contributed by atoms with Gasteiger partial charge in [-0.05, 0) is 128 Å². The van der Waals surface area contributed by atoms with E-state index in [1.165, 1.54) is 97.7 Å². The largest absolute Gasteiger partial charge is 0.0610 e. The van der Waals surface area contributed by atoms with Gasteiger partial charge in [0.05, 0.1) is 0 Å². The second kappa shape index (κ2) is 8.06. The van der Waals surface area contributed by atoms with Gasteiger partial charge in [0.15, 0.2) is 0 Å². The topological polar surface area (TPSA) is 0 Å². The quantitative estimate of drug-likeness (QED) is 0.196. The maximum Gasteiger partial charge on any atom is -0.00264 e. The second-order valence-electron chi connectivity index (χ2n) is 11.8. The van der Waals surface area contributed by atoms with Gasteiger partial charge in [-0.1, -0.05) is 115 Å². The lowest BCUT2D eigenvalue weighted by Gasteiger charge is -2.15. The summed E-state index contributed by atoms with van der Waals surface area (Å²) in [5.74, 6) is 0. The summed E-state index contributed by atoms with van der Waals surface area (Å²) >= 11 is 0. The highest BCUT2D eigenvalue weighted by Gasteiger charge is 2.14. The highest BCUT2D eigenvalue weighted by molar-refractivity contribution is 6.25. The van der Waals surface area contributed by atoms with E-state index < -0.39 is 0 Å². The maximum atomic E-state index is 2.39. The Morgan fingerprint density at radius 1 is 0.238 bits per heavy atom. The Bertz CT molecular complexity index is 2550. The van der Waals surface area contributed by atoms with Crippen LogP contribution in [0.3, 0.4) is 0 Å². The van der Waals surface area contributed by atoms with Crippen molar-refractivity contribution in [3.8, 4) is 22.3 Å². The zero-order chi connectivity index (χ0) is 27.4. The Labute approximate surface area is 242 Å². The first kappa shape index (κ1) is 22.3. The molecule has 0 atom stereocenters. The number of benzene rings is 10. The highest BCUT2D eigenvalue weighted by Crippen LogP contribution is 2.41. The zero-order valence-corrected chi connectivity index (χ0v) is 22.9. The lowest BCUT2D eigenvalue weighted by molar-refractivity contribution is 1.67. The Morgan fingerprint density at radius 2 is 0.619 bits per heavy atom. The van der Waals surface area contributed by atoms with E-state index in [4.69, 9.17) is 0 Å². The predicted molar refractivity (Wildman–Crippen MR) is 182 cm³/mol. The molecule has 10 aromatic carbocycles. The molecule has 0 aliphatic rings. The standard InChI is InChI=1S/C42H24/c1-5-26-11-16-31-20-35(21-32-17-12-27(6-1)39(26)41(31)32)30-15-10-25-4-3-9-37(38(25)24-30)36-22-33-18-13-28-7-2-8-29-14-19-34(23-36)42(33)40(28)29/h1-24H. The van der Waals surface area contributed by atoms with Crippen LogP contribution in [0.5, 0.6) is 0 Å². The Balaban J connectivity index is 1.19. The molecule has 10 rings (SSSR count). The summed E-state index contributed by atoms with van der Waals surface area (Å²) in [6.07, 6.45) is 0. The van der Waals surface area contributed by atoms with Gasteiger partial charge in [0, 0.05) is 0 Å². The van der Waals surface area contributed by atoms with Crippen LogP contribution >= 0.6 is 0 Å². The molecule has 192 valence electrons. The summed E-state index contributed by atoms with van der Waals surface area (Å²) in [6, 6.07) is 54.5. The molecule has 0 aromatic heterocycles. The van der Waals surface area contributed by atoms with Crippen LogP contribution in [0.4, 0.5) is 0 Å². The van der Waals surface area contributed by atoms with Gasteiger partial charge in [-0.3, -0.25) is 0 Å². The SMILES string of the molecule is c1cc(-c2cc3ccc4cccc5ccc(c2)c3c45)c2cc(-c3cc4ccc5cccc6ccc(c3)c4c56)ccc2c1. The van der Waals surface area contributed by atoms with Crippen molar-refractivity contribution >= 4 is 75.4 Å². The van der Waals surface area contributed by atoms with Gasteiger partial charge < -0.3 is 0 Å². The van der Waals surface area contributed by atoms with E-state index in [1.54, 1.807) is 0 Å². The van der Waals surface area contributed by atoms with Gasteiger partial charge in [0.2, 0.25) is 0 Å².